The number of hydrogen-bond acceptors (Lipinski definition) is 4. The second-order valence-corrected chi connectivity index (χ2v) is 7.17. The Balaban J connectivity index is 1.94. The van der Waals surface area contributed by atoms with E-state index in [9.17, 15) is 18.0 Å². The maximum Gasteiger partial charge on any atom is 0.251 e. The molecule has 1 aliphatic heterocycles. The molecule has 0 radical (unpaired) electrons. The van der Waals surface area contributed by atoms with E-state index in [0.717, 1.165) is 6.42 Å². The summed E-state index contributed by atoms with van der Waals surface area (Å²) in [6.07, 6.45) is 6.96. The van der Waals surface area contributed by atoms with Crippen LogP contribution in [0.15, 0.2) is 29.2 Å². The van der Waals surface area contributed by atoms with Crippen LogP contribution >= 0.6 is 0 Å². The first kappa shape index (κ1) is 18.0. The molecule has 2 rings (SSSR count). The van der Waals surface area contributed by atoms with Crippen LogP contribution in [-0.2, 0) is 14.8 Å². The lowest BCUT2D eigenvalue weighted by atomic mass is 10.1. The monoisotopic (exact) mass is 349 g/mol. The summed E-state index contributed by atoms with van der Waals surface area (Å²) in [4.78, 5) is 23.2. The van der Waals surface area contributed by atoms with Crippen molar-refractivity contribution < 1.29 is 18.0 Å². The van der Waals surface area contributed by atoms with Gasteiger partial charge in [-0.3, -0.25) is 9.59 Å². The van der Waals surface area contributed by atoms with E-state index in [0.29, 0.717) is 19.4 Å². The van der Waals surface area contributed by atoms with E-state index in [2.05, 4.69) is 21.3 Å². The van der Waals surface area contributed by atoms with E-state index in [1.807, 2.05) is 0 Å². The Hall–Kier alpha value is -2.37. The Kier molecular flexibility index (Phi) is 5.95. The Labute approximate surface area is 141 Å². The van der Waals surface area contributed by atoms with E-state index in [-0.39, 0.29) is 34.9 Å². The molecule has 1 fully saturated rings. The molecule has 1 aromatic carbocycles. The van der Waals surface area contributed by atoms with E-state index in [4.69, 9.17) is 6.42 Å². The zero-order valence-electron chi connectivity index (χ0n) is 13.0. The highest BCUT2D eigenvalue weighted by atomic mass is 32.2. The number of nitrogens with one attached hydrogen (secondary N) is 3. The maximum atomic E-state index is 12.1. The first-order valence-corrected chi connectivity index (χ1v) is 9.01. The van der Waals surface area contributed by atoms with Gasteiger partial charge in [-0.15, -0.1) is 6.42 Å². The van der Waals surface area contributed by atoms with Gasteiger partial charge < -0.3 is 10.6 Å². The SMILES string of the molecule is C#CCNS(=O)(=O)c1cccc(C(=O)NCC[C@H]2CCC(=O)N2)c1. The third kappa shape index (κ3) is 4.81. The molecular formula is C16H19N3O4S. The zero-order chi connectivity index (χ0) is 17.6. The first-order valence-electron chi connectivity index (χ1n) is 7.53. The molecule has 3 N–H and O–H groups in total. The zero-order valence-corrected chi connectivity index (χ0v) is 13.9. The standard InChI is InChI=1S/C16H19N3O4S/c1-2-9-18-24(22,23)14-5-3-4-12(11-14)16(21)17-10-8-13-6-7-15(20)19-13/h1,3-5,11,13,18H,6-10H2,(H,17,21)(H,19,20)/t13-/m1/s1. The lowest BCUT2D eigenvalue weighted by Gasteiger charge is -2.11. The first-order chi connectivity index (χ1) is 11.4. The largest absolute Gasteiger partial charge is 0.353 e. The van der Waals surface area contributed by atoms with Crippen LogP contribution in [0.5, 0.6) is 0 Å². The van der Waals surface area contributed by atoms with Gasteiger partial charge in [-0.25, -0.2) is 8.42 Å². The quantitative estimate of drug-likeness (QED) is 0.603. The number of carbonyl (C=O) groups is 2. The number of carbonyl (C=O) groups excluding carboxylic acids is 2. The fourth-order valence-corrected chi connectivity index (χ4v) is 3.36. The third-order valence-electron chi connectivity index (χ3n) is 3.63. The van der Waals surface area contributed by atoms with E-state index >= 15 is 0 Å². The van der Waals surface area contributed by atoms with Gasteiger partial charge in [0.2, 0.25) is 15.9 Å². The Morgan fingerprint density at radius 2 is 2.21 bits per heavy atom. The molecule has 8 heteroatoms. The molecule has 1 aliphatic rings. The fourth-order valence-electron chi connectivity index (χ4n) is 2.38. The van der Waals surface area contributed by atoms with Crippen LogP contribution in [0.3, 0.4) is 0 Å². The van der Waals surface area contributed by atoms with Crippen molar-refractivity contribution in [3.8, 4) is 12.3 Å². The molecule has 0 aliphatic carbocycles. The molecule has 24 heavy (non-hydrogen) atoms. The minimum atomic E-state index is -3.74. The number of amides is 2. The minimum absolute atomic E-state index is 0.0199. The van der Waals surface area contributed by atoms with Crippen LogP contribution in [0.25, 0.3) is 0 Å². The maximum absolute atomic E-state index is 12.1. The molecule has 2 amide bonds. The van der Waals surface area contributed by atoms with Crippen LogP contribution in [0, 0.1) is 12.3 Å². The summed E-state index contributed by atoms with van der Waals surface area (Å²) < 4.78 is 26.3. The average molecular weight is 349 g/mol. The van der Waals surface area contributed by atoms with Crippen molar-refractivity contribution in [3.63, 3.8) is 0 Å². The molecule has 0 saturated carbocycles. The minimum Gasteiger partial charge on any atom is -0.353 e. The third-order valence-corrected chi connectivity index (χ3v) is 5.03. The van der Waals surface area contributed by atoms with Gasteiger partial charge in [-0.1, -0.05) is 12.0 Å². The number of rotatable bonds is 7. The van der Waals surface area contributed by atoms with Gasteiger partial charge in [0, 0.05) is 24.6 Å². The normalized spacial score (nSPS) is 17.1. The summed E-state index contributed by atoms with van der Waals surface area (Å²) in [5.41, 5.74) is 0.244. The van der Waals surface area contributed by atoms with Gasteiger partial charge in [0.15, 0.2) is 0 Å². The smallest absolute Gasteiger partial charge is 0.251 e. The average Bonchev–Trinajstić information content (AvgIpc) is 2.98. The number of hydrogen-bond donors (Lipinski definition) is 3. The van der Waals surface area contributed by atoms with Crippen molar-refractivity contribution in [2.24, 2.45) is 0 Å². The summed E-state index contributed by atoms with van der Waals surface area (Å²) in [6.45, 7) is 0.280. The predicted molar refractivity (Wildman–Crippen MR) is 88.6 cm³/mol. The van der Waals surface area contributed by atoms with Crippen molar-refractivity contribution in [2.75, 3.05) is 13.1 Å². The van der Waals surface area contributed by atoms with Crippen LogP contribution in [0.2, 0.25) is 0 Å². The molecule has 0 unspecified atom stereocenters. The van der Waals surface area contributed by atoms with Crippen molar-refractivity contribution in [3.05, 3.63) is 29.8 Å². The summed E-state index contributed by atoms with van der Waals surface area (Å²) in [5.74, 6) is 1.85. The molecule has 0 spiro atoms. The van der Waals surface area contributed by atoms with Crippen LogP contribution in [0.1, 0.15) is 29.6 Å². The van der Waals surface area contributed by atoms with Crippen molar-refractivity contribution in [1.82, 2.24) is 15.4 Å². The Bertz CT molecular complexity index is 768. The summed E-state index contributed by atoms with van der Waals surface area (Å²) >= 11 is 0. The number of terminal acetylenes is 1. The highest BCUT2D eigenvalue weighted by Gasteiger charge is 2.20. The summed E-state index contributed by atoms with van der Waals surface area (Å²) in [5, 5.41) is 5.55. The highest BCUT2D eigenvalue weighted by molar-refractivity contribution is 7.89. The molecule has 1 saturated heterocycles. The molecule has 0 aromatic heterocycles. The summed E-state index contributed by atoms with van der Waals surface area (Å²) in [6, 6.07) is 5.80. The Morgan fingerprint density at radius 3 is 2.88 bits per heavy atom. The molecule has 7 nitrogen and oxygen atoms in total. The van der Waals surface area contributed by atoms with Crippen molar-refractivity contribution >= 4 is 21.8 Å². The van der Waals surface area contributed by atoms with Crippen LogP contribution < -0.4 is 15.4 Å². The Morgan fingerprint density at radius 1 is 1.42 bits per heavy atom. The van der Waals surface area contributed by atoms with Gasteiger partial charge in [0.25, 0.3) is 5.91 Å². The lowest BCUT2D eigenvalue weighted by molar-refractivity contribution is -0.119. The molecular weight excluding hydrogens is 330 g/mol. The van der Waals surface area contributed by atoms with Crippen LogP contribution in [0.4, 0.5) is 0 Å². The molecule has 128 valence electrons. The van der Waals surface area contributed by atoms with Crippen molar-refractivity contribution in [2.45, 2.75) is 30.2 Å². The molecule has 1 atom stereocenters. The second kappa shape index (κ2) is 7.95. The van der Waals surface area contributed by atoms with Gasteiger partial charge in [0.05, 0.1) is 11.4 Å². The summed E-state index contributed by atoms with van der Waals surface area (Å²) in [7, 11) is -3.74. The van der Waals surface area contributed by atoms with Gasteiger partial charge >= 0.3 is 0 Å². The van der Waals surface area contributed by atoms with E-state index in [1.165, 1.54) is 24.3 Å². The van der Waals surface area contributed by atoms with E-state index < -0.39 is 10.0 Å². The van der Waals surface area contributed by atoms with E-state index in [1.54, 1.807) is 0 Å². The highest BCUT2D eigenvalue weighted by Crippen LogP contribution is 2.12. The van der Waals surface area contributed by atoms with Crippen LogP contribution in [-0.4, -0.2) is 39.4 Å². The topological polar surface area (TPSA) is 104 Å². The second-order valence-electron chi connectivity index (χ2n) is 5.40. The van der Waals surface area contributed by atoms with Gasteiger partial charge in [0.1, 0.15) is 0 Å². The van der Waals surface area contributed by atoms with Gasteiger partial charge in [-0.05, 0) is 31.0 Å². The fraction of sp³-hybridized carbons (Fsp3) is 0.375. The lowest BCUT2D eigenvalue weighted by Crippen LogP contribution is -2.32. The van der Waals surface area contributed by atoms with Gasteiger partial charge in [-0.2, -0.15) is 4.72 Å². The molecule has 1 heterocycles. The van der Waals surface area contributed by atoms with Crippen molar-refractivity contribution in [1.29, 1.82) is 0 Å². The predicted octanol–water partition coefficient (Wildman–Crippen LogP) is -0.00340. The number of sulfonamides is 1. The molecule has 0 bridgehead atoms. The number of benzene rings is 1. The molecule has 1 aromatic rings.